The maximum Gasteiger partial charge on any atom is 0.270 e. The fourth-order valence-electron chi connectivity index (χ4n) is 2.40. The summed E-state index contributed by atoms with van der Waals surface area (Å²) in [6.07, 6.45) is 0.592. The van der Waals surface area contributed by atoms with Gasteiger partial charge in [0.15, 0.2) is 9.84 Å². The number of amides is 1. The molecule has 1 N–H and O–H groups in total. The molecule has 124 valence electrons. The van der Waals surface area contributed by atoms with Gasteiger partial charge in [0.05, 0.1) is 22.1 Å². The van der Waals surface area contributed by atoms with E-state index in [1.54, 1.807) is 13.0 Å². The number of non-ortho nitro benzene ring substituents is 1. The SMILES string of the molecule is C/C(=N/NC(=O)C[C@@H]1CCS(=O)(=O)C1)c1cccc([N+](=O)[O-])c1. The molecule has 1 fully saturated rings. The Morgan fingerprint density at radius 3 is 2.83 bits per heavy atom. The lowest BCUT2D eigenvalue weighted by Crippen LogP contribution is -2.22. The molecule has 1 aliphatic heterocycles. The Morgan fingerprint density at radius 1 is 1.48 bits per heavy atom. The third kappa shape index (κ3) is 4.85. The van der Waals surface area contributed by atoms with Gasteiger partial charge >= 0.3 is 0 Å². The Labute approximate surface area is 133 Å². The zero-order chi connectivity index (χ0) is 17.0. The average Bonchev–Trinajstić information content (AvgIpc) is 2.83. The van der Waals surface area contributed by atoms with Crippen molar-refractivity contribution in [2.75, 3.05) is 11.5 Å². The number of sulfone groups is 1. The third-order valence-electron chi connectivity index (χ3n) is 3.62. The third-order valence-corrected chi connectivity index (χ3v) is 5.46. The number of rotatable bonds is 5. The van der Waals surface area contributed by atoms with Crippen molar-refractivity contribution >= 4 is 27.1 Å². The summed E-state index contributed by atoms with van der Waals surface area (Å²) in [6.45, 7) is 1.62. The maximum absolute atomic E-state index is 11.8. The first-order valence-corrected chi connectivity index (χ1v) is 8.87. The number of carbonyl (C=O) groups is 1. The van der Waals surface area contributed by atoms with Gasteiger partial charge in [0.25, 0.3) is 5.69 Å². The van der Waals surface area contributed by atoms with Crippen LogP contribution in [-0.2, 0) is 14.6 Å². The number of hydrazone groups is 1. The molecule has 1 aromatic carbocycles. The van der Waals surface area contributed by atoms with E-state index in [0.717, 1.165) is 0 Å². The summed E-state index contributed by atoms with van der Waals surface area (Å²) in [5.41, 5.74) is 3.27. The first kappa shape index (κ1) is 17.1. The molecule has 9 heteroatoms. The number of nitrogens with one attached hydrogen (secondary N) is 1. The maximum atomic E-state index is 11.8. The number of nitro groups is 1. The van der Waals surface area contributed by atoms with Crippen LogP contribution in [0.2, 0.25) is 0 Å². The minimum Gasteiger partial charge on any atom is -0.273 e. The molecule has 1 atom stereocenters. The van der Waals surface area contributed by atoms with Crippen molar-refractivity contribution in [3.05, 3.63) is 39.9 Å². The monoisotopic (exact) mass is 339 g/mol. The van der Waals surface area contributed by atoms with E-state index in [1.807, 2.05) is 0 Å². The van der Waals surface area contributed by atoms with E-state index >= 15 is 0 Å². The summed E-state index contributed by atoms with van der Waals surface area (Å²) in [5.74, 6) is -0.375. The first-order chi connectivity index (χ1) is 10.8. The molecule has 0 radical (unpaired) electrons. The number of nitro benzene ring substituents is 1. The van der Waals surface area contributed by atoms with Gasteiger partial charge in [-0.25, -0.2) is 13.8 Å². The van der Waals surface area contributed by atoms with Crippen molar-refractivity contribution in [3.63, 3.8) is 0 Å². The van der Waals surface area contributed by atoms with Crippen LogP contribution in [0.4, 0.5) is 5.69 Å². The van der Waals surface area contributed by atoms with E-state index < -0.39 is 14.8 Å². The van der Waals surface area contributed by atoms with Gasteiger partial charge in [-0.05, 0) is 19.3 Å². The van der Waals surface area contributed by atoms with Crippen LogP contribution in [0.3, 0.4) is 0 Å². The minimum absolute atomic E-state index is 0.0357. The normalized spacial score (nSPS) is 20.2. The average molecular weight is 339 g/mol. The molecule has 0 saturated carbocycles. The van der Waals surface area contributed by atoms with Crippen molar-refractivity contribution in [3.8, 4) is 0 Å². The van der Waals surface area contributed by atoms with Gasteiger partial charge in [0.2, 0.25) is 5.91 Å². The molecule has 0 bridgehead atoms. The molecule has 0 aromatic heterocycles. The molecule has 0 unspecified atom stereocenters. The molecule has 1 amide bonds. The second kappa shape index (κ2) is 6.86. The van der Waals surface area contributed by atoms with Crippen molar-refractivity contribution in [1.82, 2.24) is 5.43 Å². The highest BCUT2D eigenvalue weighted by atomic mass is 32.2. The topological polar surface area (TPSA) is 119 Å². The highest BCUT2D eigenvalue weighted by Gasteiger charge is 2.29. The molecule has 2 rings (SSSR count). The lowest BCUT2D eigenvalue weighted by atomic mass is 10.1. The second-order valence-electron chi connectivity index (χ2n) is 5.51. The zero-order valence-corrected chi connectivity index (χ0v) is 13.4. The van der Waals surface area contributed by atoms with E-state index in [4.69, 9.17) is 0 Å². The lowest BCUT2D eigenvalue weighted by molar-refractivity contribution is -0.384. The van der Waals surface area contributed by atoms with E-state index in [-0.39, 0.29) is 35.4 Å². The van der Waals surface area contributed by atoms with Gasteiger partial charge in [0, 0.05) is 24.1 Å². The summed E-state index contributed by atoms with van der Waals surface area (Å²) in [4.78, 5) is 22.0. The largest absolute Gasteiger partial charge is 0.273 e. The van der Waals surface area contributed by atoms with Gasteiger partial charge < -0.3 is 0 Å². The smallest absolute Gasteiger partial charge is 0.270 e. The molecular weight excluding hydrogens is 322 g/mol. The lowest BCUT2D eigenvalue weighted by Gasteiger charge is -2.06. The first-order valence-electron chi connectivity index (χ1n) is 7.05. The minimum atomic E-state index is -3.01. The van der Waals surface area contributed by atoms with E-state index in [2.05, 4.69) is 10.5 Å². The van der Waals surface area contributed by atoms with Crippen LogP contribution in [0, 0.1) is 16.0 Å². The Balaban J connectivity index is 1.95. The van der Waals surface area contributed by atoms with E-state index in [9.17, 15) is 23.3 Å². The van der Waals surface area contributed by atoms with Crippen LogP contribution in [0.1, 0.15) is 25.3 Å². The summed E-state index contributed by atoms with van der Waals surface area (Å²) in [7, 11) is -3.01. The summed E-state index contributed by atoms with van der Waals surface area (Å²) < 4.78 is 22.7. The van der Waals surface area contributed by atoms with Gasteiger partial charge in [-0.1, -0.05) is 12.1 Å². The molecule has 0 aliphatic carbocycles. The van der Waals surface area contributed by atoms with Gasteiger partial charge in [-0.15, -0.1) is 0 Å². The molecule has 8 nitrogen and oxygen atoms in total. The van der Waals surface area contributed by atoms with Crippen LogP contribution >= 0.6 is 0 Å². The highest BCUT2D eigenvalue weighted by Crippen LogP contribution is 2.21. The van der Waals surface area contributed by atoms with Crippen molar-refractivity contribution in [2.24, 2.45) is 11.0 Å². The van der Waals surface area contributed by atoms with E-state index in [1.165, 1.54) is 18.2 Å². The summed E-state index contributed by atoms with van der Waals surface area (Å²) >= 11 is 0. The Kier molecular flexibility index (Phi) is 5.09. The number of benzene rings is 1. The molecule has 1 aliphatic rings. The zero-order valence-electron chi connectivity index (χ0n) is 12.6. The number of nitrogens with zero attached hydrogens (tertiary/aromatic N) is 2. The summed E-state index contributed by atoms with van der Waals surface area (Å²) in [6, 6.07) is 5.93. The standard InChI is InChI=1S/C14H17N3O5S/c1-10(12-3-2-4-13(8-12)17(19)20)15-16-14(18)7-11-5-6-23(21,22)9-11/h2-4,8,11H,5-7,9H2,1H3,(H,16,18)/b15-10-/t11-/m0/s1. The predicted molar refractivity (Wildman–Crippen MR) is 84.8 cm³/mol. The van der Waals surface area contributed by atoms with Crippen molar-refractivity contribution in [1.29, 1.82) is 0 Å². The summed E-state index contributed by atoms with van der Waals surface area (Å²) in [5, 5.41) is 14.7. The highest BCUT2D eigenvalue weighted by molar-refractivity contribution is 7.91. The van der Waals surface area contributed by atoms with Crippen LogP contribution < -0.4 is 5.43 Å². The van der Waals surface area contributed by atoms with Crippen LogP contribution in [0.5, 0.6) is 0 Å². The second-order valence-corrected chi connectivity index (χ2v) is 7.74. The fourth-order valence-corrected chi connectivity index (χ4v) is 4.26. The van der Waals surface area contributed by atoms with Gasteiger partial charge in [-0.2, -0.15) is 5.10 Å². The molecule has 1 saturated heterocycles. The number of carbonyl (C=O) groups excluding carboxylic acids is 1. The van der Waals surface area contributed by atoms with Gasteiger partial charge in [-0.3, -0.25) is 14.9 Å². The van der Waals surface area contributed by atoms with Crippen molar-refractivity contribution < 1.29 is 18.1 Å². The Hall–Kier alpha value is -2.29. The molecule has 0 spiro atoms. The van der Waals surface area contributed by atoms with Crippen LogP contribution in [0.15, 0.2) is 29.4 Å². The molecule has 23 heavy (non-hydrogen) atoms. The molecule has 1 heterocycles. The predicted octanol–water partition coefficient (Wildman–Crippen LogP) is 1.26. The Bertz CT molecular complexity index is 757. The Morgan fingerprint density at radius 2 is 2.22 bits per heavy atom. The molecule has 1 aromatic rings. The van der Waals surface area contributed by atoms with Gasteiger partial charge in [0.1, 0.15) is 0 Å². The number of hydrogen-bond acceptors (Lipinski definition) is 6. The van der Waals surface area contributed by atoms with Crippen LogP contribution in [-0.4, -0.2) is 36.5 Å². The quantitative estimate of drug-likeness (QED) is 0.492. The van der Waals surface area contributed by atoms with Crippen LogP contribution in [0.25, 0.3) is 0 Å². The molecular formula is C14H17N3O5S. The fraction of sp³-hybridized carbons (Fsp3) is 0.429. The van der Waals surface area contributed by atoms with E-state index in [0.29, 0.717) is 17.7 Å². The van der Waals surface area contributed by atoms with Crippen molar-refractivity contribution in [2.45, 2.75) is 19.8 Å². The number of hydrogen-bond donors (Lipinski definition) is 1.